The highest BCUT2D eigenvalue weighted by atomic mass is 35.5. The largest absolute Gasteiger partial charge is 0.497 e. The number of pyridine rings is 1. The maximum atomic E-state index is 14.1. The van der Waals surface area contributed by atoms with Crippen LogP contribution in [0, 0.1) is 5.92 Å². The highest BCUT2D eigenvalue weighted by molar-refractivity contribution is 7.89. The van der Waals surface area contributed by atoms with Gasteiger partial charge in [-0.25, -0.2) is 18.7 Å². The first-order chi connectivity index (χ1) is 21.8. The van der Waals surface area contributed by atoms with Crippen molar-refractivity contribution in [3.63, 3.8) is 0 Å². The van der Waals surface area contributed by atoms with Gasteiger partial charge in [0.15, 0.2) is 0 Å². The first-order valence-electron chi connectivity index (χ1n) is 14.7. The summed E-state index contributed by atoms with van der Waals surface area (Å²) in [7, 11) is -2.75. The zero-order chi connectivity index (χ0) is 31.8. The second kappa shape index (κ2) is 15.9. The van der Waals surface area contributed by atoms with Crippen LogP contribution in [0.2, 0.25) is 0 Å². The molecule has 2 N–H and O–H groups in total. The molecule has 2 amide bonds. The van der Waals surface area contributed by atoms with Crippen LogP contribution in [0.3, 0.4) is 0 Å². The molecule has 1 atom stereocenters. The Labute approximate surface area is 274 Å². The first-order valence-corrected chi connectivity index (χ1v) is 16.1. The summed E-state index contributed by atoms with van der Waals surface area (Å²) < 4.78 is 40.0. The Morgan fingerprint density at radius 2 is 1.67 bits per heavy atom. The van der Waals surface area contributed by atoms with Crippen molar-refractivity contribution in [1.82, 2.24) is 19.7 Å². The van der Waals surface area contributed by atoms with Gasteiger partial charge in [0.2, 0.25) is 10.0 Å². The number of amides is 2. The zero-order valence-electron chi connectivity index (χ0n) is 25.3. The van der Waals surface area contributed by atoms with E-state index in [1.807, 2.05) is 42.5 Å². The average Bonchev–Trinajstić information content (AvgIpc) is 3.08. The number of sulfonamides is 1. The van der Waals surface area contributed by atoms with Crippen molar-refractivity contribution in [1.29, 1.82) is 0 Å². The number of piperidine rings is 1. The fraction of sp³-hybridized carbons (Fsp3) is 0.303. The number of ether oxygens (including phenoxy) is 2. The molecule has 1 saturated heterocycles. The Bertz CT molecular complexity index is 1710. The number of hydroxylamine groups is 1. The van der Waals surface area contributed by atoms with E-state index in [0.717, 1.165) is 20.6 Å². The third kappa shape index (κ3) is 7.94. The molecule has 244 valence electrons. The molecule has 4 aromatic rings. The van der Waals surface area contributed by atoms with Gasteiger partial charge in [-0.1, -0.05) is 42.5 Å². The molecule has 0 radical (unpaired) electrons. The van der Waals surface area contributed by atoms with Crippen molar-refractivity contribution in [2.75, 3.05) is 26.8 Å². The summed E-state index contributed by atoms with van der Waals surface area (Å²) in [5.74, 6) is -0.861. The number of hydrogen-bond donors (Lipinski definition) is 2. The third-order valence-electron chi connectivity index (χ3n) is 8.16. The van der Waals surface area contributed by atoms with E-state index in [1.165, 1.54) is 31.4 Å². The molecule has 3 aromatic carbocycles. The number of rotatable bonds is 11. The predicted octanol–water partition coefficient (Wildman–Crippen LogP) is 4.82. The standard InChI is InChI=1S/C33H36N4O7S.ClH/c1-43-28-9-11-29(12-10-28)45(41,42)37(23-24-13-18-34-19-14-24)31(32(38)35-40)27-15-20-36(21-16-27)33(39)44-22-17-26-7-4-6-25-5-2-3-8-30(25)26;/h2-14,18-19,27,31,40H,15-17,20-23H2,1H3,(H,35,38);1H/t31-;/m1./s1. The summed E-state index contributed by atoms with van der Waals surface area (Å²) in [6, 6.07) is 22.1. The summed E-state index contributed by atoms with van der Waals surface area (Å²) in [5.41, 5.74) is 3.38. The molecule has 2 heterocycles. The van der Waals surface area contributed by atoms with Gasteiger partial charge in [-0.2, -0.15) is 4.31 Å². The summed E-state index contributed by atoms with van der Waals surface area (Å²) >= 11 is 0. The predicted molar refractivity (Wildman–Crippen MR) is 174 cm³/mol. The molecule has 1 aliphatic heterocycles. The van der Waals surface area contributed by atoms with Crippen LogP contribution in [0.15, 0.2) is 96.2 Å². The fourth-order valence-electron chi connectivity index (χ4n) is 5.78. The van der Waals surface area contributed by atoms with E-state index >= 15 is 0 Å². The minimum atomic E-state index is -4.23. The monoisotopic (exact) mass is 668 g/mol. The highest BCUT2D eigenvalue weighted by Gasteiger charge is 2.42. The van der Waals surface area contributed by atoms with Crippen molar-refractivity contribution in [3.05, 3.63) is 102 Å². The lowest BCUT2D eigenvalue weighted by molar-refractivity contribution is -0.135. The molecule has 11 nitrogen and oxygen atoms in total. The second-order valence-corrected chi connectivity index (χ2v) is 12.7. The Balaban J connectivity index is 0.00000480. The van der Waals surface area contributed by atoms with Crippen LogP contribution in [-0.4, -0.2) is 72.7 Å². The molecule has 13 heteroatoms. The molecular formula is C33H37ClN4O7S. The zero-order valence-corrected chi connectivity index (χ0v) is 27.0. The second-order valence-electron chi connectivity index (χ2n) is 10.8. The first kappa shape index (κ1) is 34.6. The van der Waals surface area contributed by atoms with Crippen LogP contribution in [0.5, 0.6) is 5.75 Å². The minimum Gasteiger partial charge on any atom is -0.497 e. The molecule has 1 aliphatic rings. The number of nitrogens with one attached hydrogen (secondary N) is 1. The molecule has 46 heavy (non-hydrogen) atoms. The van der Waals surface area contributed by atoms with Crippen LogP contribution in [0.1, 0.15) is 24.0 Å². The van der Waals surface area contributed by atoms with E-state index in [9.17, 15) is 23.2 Å². The number of methoxy groups -OCH3 is 1. The van der Waals surface area contributed by atoms with Crippen molar-refractivity contribution in [2.24, 2.45) is 5.92 Å². The molecule has 1 fully saturated rings. The van der Waals surface area contributed by atoms with E-state index in [-0.39, 0.29) is 43.5 Å². The van der Waals surface area contributed by atoms with E-state index in [0.29, 0.717) is 30.6 Å². The van der Waals surface area contributed by atoms with Crippen LogP contribution >= 0.6 is 12.4 Å². The Morgan fingerprint density at radius 3 is 2.35 bits per heavy atom. The van der Waals surface area contributed by atoms with Gasteiger partial charge in [-0.15, -0.1) is 12.4 Å². The topological polar surface area (TPSA) is 138 Å². The highest BCUT2D eigenvalue weighted by Crippen LogP contribution is 2.31. The van der Waals surface area contributed by atoms with E-state index in [4.69, 9.17) is 9.47 Å². The number of benzene rings is 3. The summed E-state index contributed by atoms with van der Waals surface area (Å²) in [5, 5.41) is 12.0. The maximum absolute atomic E-state index is 14.1. The van der Waals surface area contributed by atoms with Crippen LogP contribution in [0.4, 0.5) is 4.79 Å². The molecular weight excluding hydrogens is 632 g/mol. The number of fused-ring (bicyclic) bond motifs is 1. The van der Waals surface area contributed by atoms with Gasteiger partial charge in [-0.3, -0.25) is 15.0 Å². The molecule has 0 saturated carbocycles. The molecule has 0 bridgehead atoms. The van der Waals surface area contributed by atoms with Gasteiger partial charge in [-0.05, 0) is 77.1 Å². The quantitative estimate of drug-likeness (QED) is 0.171. The van der Waals surface area contributed by atoms with Crippen LogP contribution in [-0.2, 0) is 32.5 Å². The lowest BCUT2D eigenvalue weighted by Gasteiger charge is -2.39. The Morgan fingerprint density at radius 1 is 1.00 bits per heavy atom. The molecule has 0 unspecified atom stereocenters. The van der Waals surface area contributed by atoms with Crippen molar-refractivity contribution >= 4 is 45.2 Å². The average molecular weight is 669 g/mol. The summed E-state index contributed by atoms with van der Waals surface area (Å²) in [4.78, 5) is 31.7. The van der Waals surface area contributed by atoms with E-state index in [1.54, 1.807) is 34.9 Å². The normalized spacial score (nSPS) is 14.4. The Hall–Kier alpha value is -4.23. The van der Waals surface area contributed by atoms with Crippen molar-refractivity contribution in [3.8, 4) is 5.75 Å². The summed E-state index contributed by atoms with van der Waals surface area (Å²) in [6.45, 7) is 0.602. The SMILES string of the molecule is COc1ccc(S(=O)(=O)N(Cc2ccncc2)[C@@H](C(=O)NO)C2CCN(C(=O)OCCc3cccc4ccccc34)CC2)cc1.Cl. The van der Waals surface area contributed by atoms with Crippen LogP contribution < -0.4 is 10.2 Å². The van der Waals surface area contributed by atoms with Gasteiger partial charge < -0.3 is 14.4 Å². The van der Waals surface area contributed by atoms with Crippen LogP contribution in [0.25, 0.3) is 10.8 Å². The van der Waals surface area contributed by atoms with Gasteiger partial charge in [0, 0.05) is 38.4 Å². The smallest absolute Gasteiger partial charge is 0.409 e. The lowest BCUT2D eigenvalue weighted by atomic mass is 9.88. The van der Waals surface area contributed by atoms with Gasteiger partial charge in [0.1, 0.15) is 11.8 Å². The van der Waals surface area contributed by atoms with E-state index in [2.05, 4.69) is 4.98 Å². The molecule has 0 spiro atoms. The third-order valence-corrected chi connectivity index (χ3v) is 10.0. The minimum absolute atomic E-state index is 0. The van der Waals surface area contributed by atoms with Gasteiger partial charge in [0.25, 0.3) is 5.91 Å². The maximum Gasteiger partial charge on any atom is 0.409 e. The number of carbonyl (C=O) groups excluding carboxylic acids is 2. The molecule has 0 aliphatic carbocycles. The van der Waals surface area contributed by atoms with Crippen molar-refractivity contribution in [2.45, 2.75) is 36.7 Å². The number of aromatic nitrogens is 1. The van der Waals surface area contributed by atoms with Gasteiger partial charge >= 0.3 is 6.09 Å². The lowest BCUT2D eigenvalue weighted by Crippen LogP contribution is -2.55. The van der Waals surface area contributed by atoms with Crippen molar-refractivity contribution < 1.29 is 32.7 Å². The number of nitrogens with zero attached hydrogens (tertiary/aromatic N) is 3. The van der Waals surface area contributed by atoms with E-state index < -0.39 is 34.0 Å². The molecule has 5 rings (SSSR count). The number of carbonyl (C=O) groups is 2. The summed E-state index contributed by atoms with van der Waals surface area (Å²) in [6.07, 6.45) is 3.83. The number of halogens is 1. The fourth-order valence-corrected chi connectivity index (χ4v) is 7.41. The molecule has 1 aromatic heterocycles. The number of likely N-dealkylation sites (tertiary alicyclic amines) is 1. The van der Waals surface area contributed by atoms with Gasteiger partial charge in [0.05, 0.1) is 18.6 Å². The number of hydrogen-bond acceptors (Lipinski definition) is 8. The Kier molecular flexibility index (Phi) is 11.9.